The molecule has 1 aliphatic rings. The molecule has 6 heteroatoms. The number of anilines is 2. The molecule has 2 aromatic rings. The number of carbonyl (C=O) groups is 1. The summed E-state index contributed by atoms with van der Waals surface area (Å²) in [5, 5.41) is 13.2. The van der Waals surface area contributed by atoms with Gasteiger partial charge in [-0.05, 0) is 42.8 Å². The molecule has 1 aliphatic heterocycles. The zero-order chi connectivity index (χ0) is 15.7. The number of aliphatic hydroxyl groups is 1. The van der Waals surface area contributed by atoms with Crippen LogP contribution in [0.25, 0.3) is 0 Å². The lowest BCUT2D eigenvalue weighted by Crippen LogP contribution is -2.39. The van der Waals surface area contributed by atoms with Crippen molar-refractivity contribution in [3.8, 4) is 0 Å². The van der Waals surface area contributed by atoms with Crippen LogP contribution in [0.1, 0.15) is 18.1 Å². The summed E-state index contributed by atoms with van der Waals surface area (Å²) in [6.45, 7) is 0.353. The van der Waals surface area contributed by atoms with Crippen LogP contribution in [0.4, 0.5) is 20.6 Å². The molecule has 0 spiro atoms. The predicted octanol–water partition coefficient (Wildman–Crippen LogP) is 3.95. The van der Waals surface area contributed by atoms with Gasteiger partial charge < -0.3 is 10.4 Å². The molecule has 0 radical (unpaired) electrons. The van der Waals surface area contributed by atoms with E-state index in [-0.39, 0.29) is 6.03 Å². The summed E-state index contributed by atoms with van der Waals surface area (Å²) in [6.07, 6.45) is -0.403. The molecule has 0 aromatic heterocycles. The first-order valence-corrected chi connectivity index (χ1v) is 7.24. The minimum atomic E-state index is -0.763. The van der Waals surface area contributed by atoms with Crippen LogP contribution >= 0.6 is 11.6 Å². The second-order valence-electron chi connectivity index (χ2n) is 5.10. The second kappa shape index (κ2) is 5.94. The van der Waals surface area contributed by atoms with Crippen molar-refractivity contribution in [1.29, 1.82) is 0 Å². The van der Waals surface area contributed by atoms with Gasteiger partial charge in [0.2, 0.25) is 0 Å². The SMILES string of the molecule is O=C(Nc1cccc(Cl)c1)N1CCC(O)c2cc(F)ccc21. The Morgan fingerprint density at radius 2 is 2.14 bits per heavy atom. The van der Waals surface area contributed by atoms with Crippen molar-refractivity contribution in [2.75, 3.05) is 16.8 Å². The number of nitrogens with one attached hydrogen (secondary N) is 1. The van der Waals surface area contributed by atoms with E-state index >= 15 is 0 Å². The number of halogens is 2. The maximum Gasteiger partial charge on any atom is 0.326 e. The quantitative estimate of drug-likeness (QED) is 0.835. The molecular weight excluding hydrogens is 307 g/mol. The molecule has 114 valence electrons. The van der Waals surface area contributed by atoms with E-state index in [0.29, 0.717) is 34.9 Å². The maximum absolute atomic E-state index is 13.3. The van der Waals surface area contributed by atoms with E-state index < -0.39 is 11.9 Å². The van der Waals surface area contributed by atoms with Crippen molar-refractivity contribution >= 4 is 29.0 Å². The fourth-order valence-electron chi connectivity index (χ4n) is 2.53. The van der Waals surface area contributed by atoms with Crippen LogP contribution in [0, 0.1) is 5.82 Å². The van der Waals surface area contributed by atoms with Crippen LogP contribution in [-0.2, 0) is 0 Å². The van der Waals surface area contributed by atoms with Crippen LogP contribution < -0.4 is 10.2 Å². The summed E-state index contributed by atoms with van der Waals surface area (Å²) in [5.41, 5.74) is 1.51. The van der Waals surface area contributed by atoms with Gasteiger partial charge in [-0.2, -0.15) is 0 Å². The molecule has 3 rings (SSSR count). The van der Waals surface area contributed by atoms with E-state index in [1.807, 2.05) is 0 Å². The molecule has 2 N–H and O–H groups in total. The first kappa shape index (κ1) is 14.8. The molecule has 0 saturated heterocycles. The Balaban J connectivity index is 1.86. The van der Waals surface area contributed by atoms with Gasteiger partial charge in [0.1, 0.15) is 5.82 Å². The van der Waals surface area contributed by atoms with Crippen molar-refractivity contribution < 1.29 is 14.3 Å². The van der Waals surface area contributed by atoms with Crippen LogP contribution in [0.5, 0.6) is 0 Å². The highest BCUT2D eigenvalue weighted by Crippen LogP contribution is 2.34. The highest BCUT2D eigenvalue weighted by Gasteiger charge is 2.28. The summed E-state index contributed by atoms with van der Waals surface area (Å²) < 4.78 is 13.3. The summed E-state index contributed by atoms with van der Waals surface area (Å²) in [7, 11) is 0. The Labute approximate surface area is 132 Å². The van der Waals surface area contributed by atoms with Crippen molar-refractivity contribution in [2.24, 2.45) is 0 Å². The topological polar surface area (TPSA) is 52.6 Å². The smallest absolute Gasteiger partial charge is 0.326 e. The summed E-state index contributed by atoms with van der Waals surface area (Å²) in [4.78, 5) is 13.9. The number of urea groups is 1. The zero-order valence-electron chi connectivity index (χ0n) is 11.6. The third-order valence-electron chi connectivity index (χ3n) is 3.59. The van der Waals surface area contributed by atoms with Crippen LogP contribution in [0.15, 0.2) is 42.5 Å². The van der Waals surface area contributed by atoms with E-state index in [2.05, 4.69) is 5.32 Å². The normalized spacial score (nSPS) is 17.0. The Morgan fingerprint density at radius 1 is 1.32 bits per heavy atom. The monoisotopic (exact) mass is 320 g/mol. The predicted molar refractivity (Wildman–Crippen MR) is 83.8 cm³/mol. The molecule has 0 saturated carbocycles. The number of hydrogen-bond acceptors (Lipinski definition) is 2. The first-order chi connectivity index (χ1) is 10.5. The van der Waals surface area contributed by atoms with Gasteiger partial charge in [-0.3, -0.25) is 4.90 Å². The third-order valence-corrected chi connectivity index (χ3v) is 3.82. The molecule has 2 aromatic carbocycles. The number of hydrogen-bond donors (Lipinski definition) is 2. The van der Waals surface area contributed by atoms with Crippen LogP contribution in [-0.4, -0.2) is 17.7 Å². The van der Waals surface area contributed by atoms with Gasteiger partial charge in [-0.1, -0.05) is 17.7 Å². The van der Waals surface area contributed by atoms with E-state index in [0.717, 1.165) is 0 Å². The van der Waals surface area contributed by atoms with Crippen LogP contribution in [0.2, 0.25) is 5.02 Å². The average molecular weight is 321 g/mol. The number of amides is 2. The van der Waals surface area contributed by atoms with E-state index in [1.54, 1.807) is 24.3 Å². The van der Waals surface area contributed by atoms with Gasteiger partial charge in [0.15, 0.2) is 0 Å². The largest absolute Gasteiger partial charge is 0.388 e. The van der Waals surface area contributed by atoms with E-state index in [9.17, 15) is 14.3 Å². The fourth-order valence-corrected chi connectivity index (χ4v) is 2.72. The van der Waals surface area contributed by atoms with Crippen molar-refractivity contribution in [1.82, 2.24) is 0 Å². The molecule has 2 amide bonds. The van der Waals surface area contributed by atoms with Gasteiger partial charge in [0, 0.05) is 22.8 Å². The zero-order valence-corrected chi connectivity index (χ0v) is 12.3. The van der Waals surface area contributed by atoms with Crippen molar-refractivity contribution in [3.63, 3.8) is 0 Å². The van der Waals surface area contributed by atoms with E-state index in [1.165, 1.54) is 23.1 Å². The fraction of sp³-hybridized carbons (Fsp3) is 0.188. The van der Waals surface area contributed by atoms with Gasteiger partial charge in [0.05, 0.1) is 11.8 Å². The number of aliphatic hydroxyl groups excluding tert-OH is 1. The number of benzene rings is 2. The van der Waals surface area contributed by atoms with Gasteiger partial charge in [-0.25, -0.2) is 9.18 Å². The standard InChI is InChI=1S/C16H14ClFN2O2/c17-10-2-1-3-12(8-10)19-16(22)20-7-6-15(21)13-9-11(18)4-5-14(13)20/h1-5,8-9,15,21H,6-7H2,(H,19,22). The molecule has 0 fully saturated rings. The van der Waals surface area contributed by atoms with Gasteiger partial charge in [-0.15, -0.1) is 0 Å². The van der Waals surface area contributed by atoms with E-state index in [4.69, 9.17) is 11.6 Å². The Bertz CT molecular complexity index is 723. The van der Waals surface area contributed by atoms with Gasteiger partial charge >= 0.3 is 6.03 Å². The molecular formula is C16H14ClFN2O2. The summed E-state index contributed by atoms with van der Waals surface area (Å²) >= 11 is 5.89. The molecule has 1 heterocycles. The summed E-state index contributed by atoms with van der Waals surface area (Å²) in [5.74, 6) is -0.435. The van der Waals surface area contributed by atoms with Gasteiger partial charge in [0.25, 0.3) is 0 Å². The molecule has 0 bridgehead atoms. The summed E-state index contributed by atoms with van der Waals surface area (Å²) in [6, 6.07) is 10.5. The maximum atomic E-state index is 13.3. The lowest BCUT2D eigenvalue weighted by atomic mass is 9.99. The van der Waals surface area contributed by atoms with Crippen molar-refractivity contribution in [3.05, 3.63) is 58.9 Å². The Hall–Kier alpha value is -2.11. The number of carbonyl (C=O) groups excluding carboxylic acids is 1. The second-order valence-corrected chi connectivity index (χ2v) is 5.54. The van der Waals surface area contributed by atoms with Crippen LogP contribution in [0.3, 0.4) is 0 Å². The van der Waals surface area contributed by atoms with Crippen molar-refractivity contribution in [2.45, 2.75) is 12.5 Å². The number of fused-ring (bicyclic) bond motifs is 1. The molecule has 22 heavy (non-hydrogen) atoms. The molecule has 0 aliphatic carbocycles. The minimum absolute atomic E-state index is 0.345. The third kappa shape index (κ3) is 2.91. The molecule has 1 unspecified atom stereocenters. The highest BCUT2D eigenvalue weighted by atomic mass is 35.5. The lowest BCUT2D eigenvalue weighted by Gasteiger charge is -2.32. The Morgan fingerprint density at radius 3 is 2.91 bits per heavy atom. The molecule has 4 nitrogen and oxygen atoms in total. The highest BCUT2D eigenvalue weighted by molar-refractivity contribution is 6.30. The number of rotatable bonds is 1. The first-order valence-electron chi connectivity index (χ1n) is 6.86. The number of nitrogens with zero attached hydrogens (tertiary/aromatic N) is 1. The molecule has 1 atom stereocenters. The lowest BCUT2D eigenvalue weighted by molar-refractivity contribution is 0.164. The average Bonchev–Trinajstić information content (AvgIpc) is 2.48. The minimum Gasteiger partial charge on any atom is -0.388 e. The Kier molecular flexibility index (Phi) is 4.00.